The summed E-state index contributed by atoms with van der Waals surface area (Å²) in [6.07, 6.45) is -0.337. The molecule has 2 aromatic rings. The minimum atomic E-state index is -1.62. The Kier molecular flexibility index (Phi) is 13.6. The molecule has 0 radical (unpaired) electrons. The Balaban J connectivity index is 2.26. The SMILES string of the molecule is NC(N)=NCCCC(NC(=O)C(CC(=O)c1ccccc1NC=O)NC(=O)C(N)CC(=O)c1ccccc1NC=O)C(=O)O. The summed E-state index contributed by atoms with van der Waals surface area (Å²) in [6.45, 7) is 0.0928. The van der Waals surface area contributed by atoms with E-state index in [-0.39, 0.29) is 47.8 Å². The van der Waals surface area contributed by atoms with E-state index in [1.165, 1.54) is 30.3 Å². The number of rotatable bonds is 19. The number of aliphatic carboxylic acids is 1. The van der Waals surface area contributed by atoms with Crippen molar-refractivity contribution >= 4 is 59.5 Å². The second-order valence-electron chi connectivity index (χ2n) is 9.39. The number of carbonyl (C=O) groups excluding carboxylic acids is 6. The minimum absolute atomic E-state index is 0.0254. The number of carboxylic acids is 1. The number of guanidine groups is 1. The third kappa shape index (κ3) is 10.6. The van der Waals surface area contributed by atoms with E-state index in [0.717, 1.165) is 0 Å². The molecule has 16 heteroatoms. The monoisotopic (exact) mass is 610 g/mol. The molecule has 4 amide bonds. The van der Waals surface area contributed by atoms with Crippen LogP contribution < -0.4 is 38.5 Å². The summed E-state index contributed by atoms with van der Waals surface area (Å²) in [7, 11) is 0. The summed E-state index contributed by atoms with van der Waals surface area (Å²) in [5, 5.41) is 19.0. The van der Waals surface area contributed by atoms with Crippen molar-refractivity contribution in [3.63, 3.8) is 0 Å². The van der Waals surface area contributed by atoms with Crippen LogP contribution in [0, 0.1) is 0 Å². The van der Waals surface area contributed by atoms with E-state index >= 15 is 0 Å². The molecule has 3 unspecified atom stereocenters. The largest absolute Gasteiger partial charge is 0.480 e. The molecule has 0 aliphatic heterocycles. The van der Waals surface area contributed by atoms with E-state index in [4.69, 9.17) is 17.2 Å². The van der Waals surface area contributed by atoms with E-state index < -0.39 is 60.3 Å². The van der Waals surface area contributed by atoms with Gasteiger partial charge in [-0.1, -0.05) is 24.3 Å². The number of ketones is 2. The number of hydrogen-bond acceptors (Lipinski definition) is 9. The van der Waals surface area contributed by atoms with Crippen molar-refractivity contribution in [2.75, 3.05) is 17.2 Å². The Bertz CT molecular complexity index is 1410. The number of carboxylic acid groups (broad SMARTS) is 1. The average Bonchev–Trinajstić information content (AvgIpc) is 2.98. The first-order chi connectivity index (χ1) is 21.0. The van der Waals surface area contributed by atoms with Crippen LogP contribution >= 0.6 is 0 Å². The Hall–Kier alpha value is -5.64. The topological polar surface area (TPSA) is 278 Å². The highest BCUT2D eigenvalue weighted by atomic mass is 16.4. The van der Waals surface area contributed by atoms with Gasteiger partial charge in [0.1, 0.15) is 12.1 Å². The van der Waals surface area contributed by atoms with Gasteiger partial charge in [0.05, 0.1) is 17.4 Å². The van der Waals surface area contributed by atoms with Gasteiger partial charge in [-0.25, -0.2) is 4.79 Å². The highest BCUT2D eigenvalue weighted by molar-refractivity contribution is 6.07. The fourth-order valence-electron chi connectivity index (χ4n) is 4.05. The highest BCUT2D eigenvalue weighted by Crippen LogP contribution is 2.19. The summed E-state index contributed by atoms with van der Waals surface area (Å²) in [6, 6.07) is 7.43. The molecule has 16 nitrogen and oxygen atoms in total. The molecule has 11 N–H and O–H groups in total. The van der Waals surface area contributed by atoms with Gasteiger partial charge in [-0.2, -0.15) is 0 Å². The summed E-state index contributed by atoms with van der Waals surface area (Å²) in [4.78, 5) is 89.8. The molecular weight excluding hydrogens is 576 g/mol. The first kappa shape index (κ1) is 34.6. The maximum absolute atomic E-state index is 13.3. The van der Waals surface area contributed by atoms with Gasteiger partial charge in [-0.3, -0.25) is 33.8 Å². The average molecular weight is 611 g/mol. The zero-order chi connectivity index (χ0) is 32.6. The van der Waals surface area contributed by atoms with Crippen molar-refractivity contribution in [1.29, 1.82) is 0 Å². The smallest absolute Gasteiger partial charge is 0.326 e. The molecule has 3 atom stereocenters. The van der Waals surface area contributed by atoms with Crippen LogP contribution in [0.4, 0.5) is 11.4 Å². The normalized spacial score (nSPS) is 12.4. The lowest BCUT2D eigenvalue weighted by atomic mass is 9.99. The predicted octanol–water partition coefficient (Wildman–Crippen LogP) is -0.896. The van der Waals surface area contributed by atoms with Gasteiger partial charge in [0.25, 0.3) is 0 Å². The predicted molar refractivity (Wildman–Crippen MR) is 160 cm³/mol. The molecule has 0 aromatic heterocycles. The number of hydrogen-bond donors (Lipinski definition) is 8. The van der Waals surface area contributed by atoms with Gasteiger partial charge in [0.15, 0.2) is 17.5 Å². The Morgan fingerprint density at radius 3 is 1.77 bits per heavy atom. The number of Topliss-reactive ketones (excluding diaryl/α,β-unsaturated/α-hetero) is 2. The van der Waals surface area contributed by atoms with Gasteiger partial charge < -0.3 is 43.6 Å². The lowest BCUT2D eigenvalue weighted by molar-refractivity contribution is -0.142. The van der Waals surface area contributed by atoms with Crippen LogP contribution in [0.15, 0.2) is 53.5 Å². The van der Waals surface area contributed by atoms with Crippen molar-refractivity contribution in [2.45, 2.75) is 43.8 Å². The fourth-order valence-corrected chi connectivity index (χ4v) is 4.05. The molecule has 0 saturated heterocycles. The first-order valence-electron chi connectivity index (χ1n) is 13.3. The van der Waals surface area contributed by atoms with E-state index in [9.17, 15) is 38.7 Å². The summed E-state index contributed by atoms with van der Waals surface area (Å²) in [5.41, 5.74) is 17.0. The van der Waals surface area contributed by atoms with E-state index in [1.54, 1.807) is 18.2 Å². The van der Waals surface area contributed by atoms with Crippen molar-refractivity contribution in [2.24, 2.45) is 22.2 Å². The van der Waals surface area contributed by atoms with E-state index in [2.05, 4.69) is 26.3 Å². The second-order valence-corrected chi connectivity index (χ2v) is 9.39. The van der Waals surface area contributed by atoms with Crippen LogP contribution in [-0.2, 0) is 24.0 Å². The Morgan fingerprint density at radius 1 is 0.773 bits per heavy atom. The number of aliphatic imine (C=N–C) groups is 1. The number of nitrogens with one attached hydrogen (secondary N) is 4. The van der Waals surface area contributed by atoms with E-state index in [1.807, 2.05) is 0 Å². The molecule has 0 bridgehead atoms. The third-order valence-corrected chi connectivity index (χ3v) is 6.21. The molecule has 234 valence electrons. The quantitative estimate of drug-likeness (QED) is 0.0317. The van der Waals surface area contributed by atoms with Gasteiger partial charge in [-0.05, 0) is 37.1 Å². The van der Waals surface area contributed by atoms with Gasteiger partial charge >= 0.3 is 5.97 Å². The van der Waals surface area contributed by atoms with Gasteiger partial charge in [0.2, 0.25) is 24.6 Å². The zero-order valence-electron chi connectivity index (χ0n) is 23.5. The maximum atomic E-state index is 13.3. The molecule has 0 fully saturated rings. The molecule has 44 heavy (non-hydrogen) atoms. The van der Waals surface area contributed by atoms with Crippen LogP contribution in [0.1, 0.15) is 46.4 Å². The molecule has 0 aliphatic carbocycles. The third-order valence-electron chi connectivity index (χ3n) is 6.21. The van der Waals surface area contributed by atoms with Crippen LogP contribution in [0.5, 0.6) is 0 Å². The first-order valence-corrected chi connectivity index (χ1v) is 13.3. The second kappa shape index (κ2) is 17.3. The summed E-state index contributed by atoms with van der Waals surface area (Å²) >= 11 is 0. The number of carbonyl (C=O) groups is 7. The van der Waals surface area contributed by atoms with Crippen molar-refractivity contribution < 1.29 is 38.7 Å². The van der Waals surface area contributed by atoms with Crippen LogP contribution in [0.3, 0.4) is 0 Å². The van der Waals surface area contributed by atoms with Gasteiger partial charge in [-0.15, -0.1) is 0 Å². The molecule has 0 aliphatic rings. The molecule has 0 heterocycles. The summed E-state index contributed by atoms with van der Waals surface area (Å²) in [5.74, 6) is -4.83. The molecule has 2 aromatic carbocycles. The highest BCUT2D eigenvalue weighted by Gasteiger charge is 2.31. The molecule has 0 saturated carbocycles. The number of nitrogens with two attached hydrogens (primary N) is 3. The number of benzene rings is 2. The number of amides is 4. The van der Waals surface area contributed by atoms with Crippen molar-refractivity contribution in [3.05, 3.63) is 59.7 Å². The zero-order valence-corrected chi connectivity index (χ0v) is 23.5. The van der Waals surface area contributed by atoms with E-state index in [0.29, 0.717) is 12.8 Å². The number of anilines is 2. The fraction of sp³-hybridized carbons (Fsp3) is 0.286. The van der Waals surface area contributed by atoms with Crippen molar-refractivity contribution in [3.8, 4) is 0 Å². The van der Waals surface area contributed by atoms with Crippen LogP contribution in [0.25, 0.3) is 0 Å². The lowest BCUT2D eigenvalue weighted by Crippen LogP contribution is -2.55. The Morgan fingerprint density at radius 2 is 1.27 bits per heavy atom. The Labute approximate surface area is 251 Å². The van der Waals surface area contributed by atoms with Gasteiger partial charge in [0, 0.05) is 30.5 Å². The number of para-hydroxylation sites is 2. The maximum Gasteiger partial charge on any atom is 0.326 e. The molecule has 2 rings (SSSR count). The molecular formula is C28H34N8O8. The number of nitrogens with zero attached hydrogens (tertiary/aromatic N) is 1. The minimum Gasteiger partial charge on any atom is -0.480 e. The van der Waals surface area contributed by atoms with Crippen LogP contribution in [-0.4, -0.2) is 77.9 Å². The molecule has 0 spiro atoms. The summed E-state index contributed by atoms with van der Waals surface area (Å²) < 4.78 is 0. The van der Waals surface area contributed by atoms with Crippen LogP contribution in [0.2, 0.25) is 0 Å². The standard InChI is InChI=1S/C28H34N8O8/c29-18(12-23(39)16-6-1-3-8-19(16)33-14-37)25(41)36-22(13-24(40)17-7-2-4-9-20(17)34-15-38)26(42)35-21(27(43)44)10-5-11-32-28(30)31/h1-4,6-9,14-15,18,21-22H,5,10-13,29H2,(H,33,37)(H,34,38)(H,35,42)(H,36,41)(H,43,44)(H4,30,31,32). The van der Waals surface area contributed by atoms with Crippen molar-refractivity contribution in [1.82, 2.24) is 10.6 Å². The lowest BCUT2D eigenvalue weighted by Gasteiger charge is -2.23.